The maximum Gasteiger partial charge on any atom is 0.251 e. The van der Waals surface area contributed by atoms with Crippen molar-refractivity contribution in [2.45, 2.75) is 91.5 Å². The lowest BCUT2D eigenvalue weighted by molar-refractivity contribution is -0.0738. The highest BCUT2D eigenvalue weighted by Crippen LogP contribution is 2.45. The molecule has 6 atom stereocenters. The second-order valence-corrected chi connectivity index (χ2v) is 9.16. The SMILES string of the molecule is CC(C)C1OC2CC(C(F)F)CC2N(CC(F)F)C(C(C)C)C1C(C)C. The molecule has 1 aliphatic carbocycles. The lowest BCUT2D eigenvalue weighted by Gasteiger charge is -2.44. The molecule has 0 N–H and O–H groups in total. The van der Waals surface area contributed by atoms with Gasteiger partial charge in [-0.2, -0.15) is 0 Å². The van der Waals surface area contributed by atoms with Crippen LogP contribution in [0.1, 0.15) is 54.4 Å². The molecule has 2 rings (SSSR count). The molecule has 0 aromatic rings. The van der Waals surface area contributed by atoms with E-state index in [1.807, 2.05) is 4.90 Å². The number of halogens is 4. The quantitative estimate of drug-likeness (QED) is 0.578. The minimum atomic E-state index is -2.48. The van der Waals surface area contributed by atoms with Gasteiger partial charge in [-0.25, -0.2) is 17.6 Å². The van der Waals surface area contributed by atoms with Gasteiger partial charge in [0.1, 0.15) is 0 Å². The average Bonchev–Trinajstić information content (AvgIpc) is 2.86. The summed E-state index contributed by atoms with van der Waals surface area (Å²) in [5, 5.41) is 0. The summed E-state index contributed by atoms with van der Waals surface area (Å²) in [6.45, 7) is 12.1. The second kappa shape index (κ2) is 8.76. The Kier molecular flexibility index (Phi) is 7.39. The number of ether oxygens (including phenoxy) is 1. The van der Waals surface area contributed by atoms with Crippen molar-refractivity contribution in [2.24, 2.45) is 29.6 Å². The van der Waals surface area contributed by atoms with Gasteiger partial charge in [-0.1, -0.05) is 41.5 Å². The van der Waals surface area contributed by atoms with Gasteiger partial charge in [0.25, 0.3) is 6.43 Å². The first-order valence-corrected chi connectivity index (χ1v) is 10.0. The van der Waals surface area contributed by atoms with E-state index in [0.29, 0.717) is 0 Å². The Balaban J connectivity index is 2.47. The molecular weight excluding hydrogens is 346 g/mol. The minimum absolute atomic E-state index is 0.0946. The van der Waals surface area contributed by atoms with Crippen molar-refractivity contribution in [1.29, 1.82) is 0 Å². The Morgan fingerprint density at radius 1 is 0.885 bits per heavy atom. The number of hydrogen-bond acceptors (Lipinski definition) is 2. The molecule has 6 heteroatoms. The number of alkyl halides is 4. The van der Waals surface area contributed by atoms with Crippen molar-refractivity contribution in [3.63, 3.8) is 0 Å². The Morgan fingerprint density at radius 3 is 1.92 bits per heavy atom. The molecule has 154 valence electrons. The topological polar surface area (TPSA) is 12.5 Å². The fraction of sp³-hybridized carbons (Fsp3) is 1.00. The summed E-state index contributed by atoms with van der Waals surface area (Å²) in [6.07, 6.45) is -4.88. The van der Waals surface area contributed by atoms with E-state index >= 15 is 0 Å². The van der Waals surface area contributed by atoms with Crippen LogP contribution in [0.2, 0.25) is 0 Å². The van der Waals surface area contributed by atoms with Crippen LogP contribution >= 0.6 is 0 Å². The van der Waals surface area contributed by atoms with Crippen molar-refractivity contribution >= 4 is 0 Å². The molecule has 0 amide bonds. The molecular formula is C20H35F4NO. The minimum Gasteiger partial charge on any atom is -0.373 e. The highest BCUT2D eigenvalue weighted by molar-refractivity contribution is 5.02. The molecule has 0 aromatic carbocycles. The molecule has 0 spiro atoms. The van der Waals surface area contributed by atoms with Gasteiger partial charge in [0.15, 0.2) is 0 Å². The summed E-state index contributed by atoms with van der Waals surface area (Å²) in [6, 6.07) is -0.441. The number of nitrogens with zero attached hydrogens (tertiary/aromatic N) is 1. The van der Waals surface area contributed by atoms with Gasteiger partial charge in [-0.05, 0) is 30.6 Å². The van der Waals surface area contributed by atoms with Gasteiger partial charge >= 0.3 is 0 Å². The average molecular weight is 381 g/mol. The fourth-order valence-corrected chi connectivity index (χ4v) is 5.26. The van der Waals surface area contributed by atoms with Gasteiger partial charge < -0.3 is 4.74 Å². The summed E-state index contributed by atoms with van der Waals surface area (Å²) < 4.78 is 60.1. The van der Waals surface area contributed by atoms with E-state index in [9.17, 15) is 17.6 Å². The first kappa shape index (κ1) is 21.9. The van der Waals surface area contributed by atoms with E-state index in [2.05, 4.69) is 41.5 Å². The zero-order valence-corrected chi connectivity index (χ0v) is 16.8. The van der Waals surface area contributed by atoms with Gasteiger partial charge in [0, 0.05) is 23.9 Å². The maximum absolute atomic E-state index is 13.5. The van der Waals surface area contributed by atoms with Crippen LogP contribution in [0.5, 0.6) is 0 Å². The monoisotopic (exact) mass is 381 g/mol. The smallest absolute Gasteiger partial charge is 0.251 e. The van der Waals surface area contributed by atoms with Crippen LogP contribution in [-0.2, 0) is 4.74 Å². The predicted molar refractivity (Wildman–Crippen MR) is 95.7 cm³/mol. The summed E-state index contributed by atoms with van der Waals surface area (Å²) in [7, 11) is 0. The predicted octanol–water partition coefficient (Wildman–Crippen LogP) is 5.32. The standard InChI is InChI=1S/C20H35F4NO/c1-10(2)17-18(11(3)4)25(9-16(21)22)14-7-13(20(23)24)8-15(14)26-19(17)12(5)6/h10-20H,7-9H2,1-6H3. The van der Waals surface area contributed by atoms with E-state index in [4.69, 9.17) is 4.74 Å². The lowest BCUT2D eigenvalue weighted by atomic mass is 9.75. The van der Waals surface area contributed by atoms with Gasteiger partial charge in [0.2, 0.25) is 6.43 Å². The molecule has 26 heavy (non-hydrogen) atoms. The van der Waals surface area contributed by atoms with Crippen LogP contribution < -0.4 is 0 Å². The van der Waals surface area contributed by atoms with Crippen LogP contribution in [0, 0.1) is 29.6 Å². The summed E-state index contributed by atoms with van der Waals surface area (Å²) in [4.78, 5) is 1.84. The summed E-state index contributed by atoms with van der Waals surface area (Å²) in [5.74, 6) is -0.0396. The molecule has 2 aliphatic rings. The molecule has 0 radical (unpaired) electrons. The fourth-order valence-electron chi connectivity index (χ4n) is 5.26. The molecule has 1 saturated heterocycles. The van der Waals surface area contributed by atoms with Crippen molar-refractivity contribution in [3.8, 4) is 0 Å². The van der Waals surface area contributed by atoms with Crippen molar-refractivity contribution in [1.82, 2.24) is 4.90 Å². The molecule has 0 aromatic heterocycles. The normalized spacial score (nSPS) is 36.6. The van der Waals surface area contributed by atoms with Crippen molar-refractivity contribution in [3.05, 3.63) is 0 Å². The van der Waals surface area contributed by atoms with E-state index < -0.39 is 18.8 Å². The first-order chi connectivity index (χ1) is 12.0. The maximum atomic E-state index is 13.5. The van der Waals surface area contributed by atoms with E-state index in [1.165, 1.54) is 0 Å². The van der Waals surface area contributed by atoms with E-state index in [-0.39, 0.29) is 67.3 Å². The molecule has 6 unspecified atom stereocenters. The third-order valence-corrected chi connectivity index (χ3v) is 6.24. The van der Waals surface area contributed by atoms with Crippen LogP contribution in [-0.4, -0.2) is 48.6 Å². The largest absolute Gasteiger partial charge is 0.373 e. The highest BCUT2D eigenvalue weighted by atomic mass is 19.3. The zero-order valence-electron chi connectivity index (χ0n) is 16.8. The van der Waals surface area contributed by atoms with Crippen molar-refractivity contribution < 1.29 is 22.3 Å². The van der Waals surface area contributed by atoms with Crippen LogP contribution in [0.3, 0.4) is 0 Å². The number of hydrogen-bond donors (Lipinski definition) is 0. The molecule has 1 aliphatic heterocycles. The Labute approximate surface area is 155 Å². The zero-order chi connectivity index (χ0) is 19.8. The number of rotatable bonds is 6. The molecule has 1 saturated carbocycles. The number of fused-ring (bicyclic) bond motifs is 1. The van der Waals surface area contributed by atoms with Crippen LogP contribution in [0.4, 0.5) is 17.6 Å². The Morgan fingerprint density at radius 2 is 1.50 bits per heavy atom. The third kappa shape index (κ3) is 4.54. The van der Waals surface area contributed by atoms with Crippen LogP contribution in [0.25, 0.3) is 0 Å². The molecule has 2 nitrogen and oxygen atoms in total. The summed E-state index contributed by atoms with van der Waals surface area (Å²) >= 11 is 0. The molecule has 2 fully saturated rings. The van der Waals surface area contributed by atoms with Gasteiger partial charge in [0.05, 0.1) is 18.8 Å². The Hall–Kier alpha value is -0.360. The second-order valence-electron chi connectivity index (χ2n) is 9.16. The van der Waals surface area contributed by atoms with Gasteiger partial charge in [-0.3, -0.25) is 4.90 Å². The Bertz CT molecular complexity index is 444. The molecule has 1 heterocycles. The third-order valence-electron chi connectivity index (χ3n) is 6.24. The first-order valence-electron chi connectivity index (χ1n) is 10.0. The lowest BCUT2D eigenvalue weighted by Crippen LogP contribution is -2.54. The van der Waals surface area contributed by atoms with Crippen molar-refractivity contribution in [2.75, 3.05) is 6.54 Å². The summed E-state index contributed by atoms with van der Waals surface area (Å²) in [5.41, 5.74) is 0. The van der Waals surface area contributed by atoms with Gasteiger partial charge in [-0.15, -0.1) is 0 Å². The molecule has 0 bridgehead atoms. The highest BCUT2D eigenvalue weighted by Gasteiger charge is 2.52. The van der Waals surface area contributed by atoms with E-state index in [0.717, 1.165) is 0 Å². The van der Waals surface area contributed by atoms with Crippen LogP contribution in [0.15, 0.2) is 0 Å². The van der Waals surface area contributed by atoms with E-state index in [1.54, 1.807) is 0 Å².